The molecule has 2 aromatic rings. The highest BCUT2D eigenvalue weighted by atomic mass is 19.4. The number of hydrogen-bond donors (Lipinski definition) is 1. The third kappa shape index (κ3) is 3.26. The molecule has 0 spiro atoms. The lowest BCUT2D eigenvalue weighted by Gasteiger charge is -2.26. The Bertz CT molecular complexity index is 619. The van der Waals surface area contributed by atoms with Crippen molar-refractivity contribution in [3.63, 3.8) is 0 Å². The van der Waals surface area contributed by atoms with Crippen LogP contribution < -0.4 is 10.5 Å². The molecule has 2 heterocycles. The summed E-state index contributed by atoms with van der Waals surface area (Å²) in [6.45, 7) is 4.04. The van der Waals surface area contributed by atoms with Gasteiger partial charge in [0.1, 0.15) is 12.1 Å². The van der Waals surface area contributed by atoms with E-state index in [1.165, 1.54) is 12.4 Å². The molecule has 0 atom stereocenters. The summed E-state index contributed by atoms with van der Waals surface area (Å²) < 4.78 is 44.7. The van der Waals surface area contributed by atoms with E-state index in [1.54, 1.807) is 0 Å². The van der Waals surface area contributed by atoms with E-state index in [1.807, 2.05) is 13.8 Å². The first-order valence-corrected chi connectivity index (χ1v) is 6.62. The summed E-state index contributed by atoms with van der Waals surface area (Å²) in [7, 11) is 0. The summed E-state index contributed by atoms with van der Waals surface area (Å²) in [5.41, 5.74) is 4.77. The van der Waals surface area contributed by atoms with E-state index in [-0.39, 0.29) is 18.0 Å². The molecule has 2 aromatic heterocycles. The van der Waals surface area contributed by atoms with Crippen LogP contribution in [-0.2, 0) is 6.18 Å². The van der Waals surface area contributed by atoms with Crippen molar-refractivity contribution < 1.29 is 17.9 Å². The Balaban J connectivity index is 2.30. The van der Waals surface area contributed by atoms with E-state index in [0.717, 1.165) is 10.6 Å². The second-order valence-electron chi connectivity index (χ2n) is 4.95. The molecule has 0 aliphatic carbocycles. The normalized spacial score (nSPS) is 12.9. The van der Waals surface area contributed by atoms with Gasteiger partial charge in [-0.1, -0.05) is 13.8 Å². The average Bonchev–Trinajstić information content (AvgIpc) is 2.89. The van der Waals surface area contributed by atoms with Crippen LogP contribution >= 0.6 is 0 Å². The van der Waals surface area contributed by atoms with Crippen LogP contribution in [0.15, 0.2) is 18.5 Å². The zero-order chi connectivity index (χ0) is 15.7. The monoisotopic (exact) mass is 302 g/mol. The minimum absolute atomic E-state index is 0.0947. The van der Waals surface area contributed by atoms with E-state index in [9.17, 15) is 13.2 Å². The minimum Gasteiger partial charge on any atom is -0.474 e. The van der Waals surface area contributed by atoms with Gasteiger partial charge in [0.25, 0.3) is 0 Å². The Kier molecular flexibility index (Phi) is 4.08. The van der Waals surface area contributed by atoms with Crippen LogP contribution in [0.4, 0.5) is 13.2 Å². The molecule has 5 nitrogen and oxygen atoms in total. The van der Waals surface area contributed by atoms with Crippen molar-refractivity contribution in [1.82, 2.24) is 14.6 Å². The number of nitrogens with zero attached hydrogens (tertiary/aromatic N) is 3. The molecule has 0 unspecified atom stereocenters. The second kappa shape index (κ2) is 5.51. The predicted molar refractivity (Wildman–Crippen MR) is 71.0 cm³/mol. The van der Waals surface area contributed by atoms with Gasteiger partial charge in [0.05, 0.1) is 0 Å². The molecule has 21 heavy (non-hydrogen) atoms. The molecule has 0 aliphatic heterocycles. The fourth-order valence-corrected chi connectivity index (χ4v) is 1.81. The zero-order valence-corrected chi connectivity index (χ0v) is 11.8. The Morgan fingerprint density at radius 1 is 1.29 bits per heavy atom. The highest BCUT2D eigenvalue weighted by Crippen LogP contribution is 2.30. The Morgan fingerprint density at radius 2 is 1.95 bits per heavy atom. The minimum atomic E-state index is -4.51. The fraction of sp³-hybridized carbons (Fsp3) is 0.538. The average molecular weight is 302 g/mol. The van der Waals surface area contributed by atoms with Gasteiger partial charge in [-0.15, -0.1) is 0 Å². The van der Waals surface area contributed by atoms with Crippen molar-refractivity contribution in [1.29, 1.82) is 0 Å². The van der Waals surface area contributed by atoms with Gasteiger partial charge >= 0.3 is 6.18 Å². The van der Waals surface area contributed by atoms with Crippen LogP contribution in [0, 0.1) is 0 Å². The number of fused-ring (bicyclic) bond motifs is 1. The van der Waals surface area contributed by atoms with Crippen molar-refractivity contribution in [2.75, 3.05) is 6.61 Å². The SMILES string of the molecule is CCC(N)(CC)COc1nccn2nc(C(F)(F)F)cc12. The highest BCUT2D eigenvalue weighted by molar-refractivity contribution is 5.56. The number of halogens is 3. The number of hydrogen-bond acceptors (Lipinski definition) is 4. The standard InChI is InChI=1S/C13H17F3N4O/c1-3-12(17,4-2)8-21-11-9-7-10(13(14,15)16)19-20(9)6-5-18-11/h5-7H,3-4,8,17H2,1-2H3. The third-order valence-electron chi connectivity index (χ3n) is 3.55. The quantitative estimate of drug-likeness (QED) is 0.922. The lowest BCUT2D eigenvalue weighted by atomic mass is 9.96. The molecule has 0 saturated carbocycles. The molecule has 0 bridgehead atoms. The van der Waals surface area contributed by atoms with Gasteiger partial charge in [-0.2, -0.15) is 18.3 Å². The largest absolute Gasteiger partial charge is 0.474 e. The van der Waals surface area contributed by atoms with Crippen molar-refractivity contribution in [2.45, 2.75) is 38.4 Å². The number of ether oxygens (including phenoxy) is 1. The van der Waals surface area contributed by atoms with Crippen LogP contribution in [0.2, 0.25) is 0 Å². The van der Waals surface area contributed by atoms with E-state index >= 15 is 0 Å². The van der Waals surface area contributed by atoms with Gasteiger partial charge in [0, 0.05) is 24.0 Å². The van der Waals surface area contributed by atoms with E-state index in [4.69, 9.17) is 10.5 Å². The Morgan fingerprint density at radius 3 is 2.52 bits per heavy atom. The molecule has 0 saturated heterocycles. The van der Waals surface area contributed by atoms with Gasteiger partial charge in [-0.3, -0.25) is 0 Å². The topological polar surface area (TPSA) is 65.4 Å². The maximum absolute atomic E-state index is 12.7. The van der Waals surface area contributed by atoms with Gasteiger partial charge < -0.3 is 10.5 Å². The van der Waals surface area contributed by atoms with Crippen LogP contribution in [-0.4, -0.2) is 26.7 Å². The van der Waals surface area contributed by atoms with Crippen LogP contribution in [0.25, 0.3) is 5.52 Å². The van der Waals surface area contributed by atoms with Gasteiger partial charge in [-0.05, 0) is 12.8 Å². The van der Waals surface area contributed by atoms with E-state index < -0.39 is 17.4 Å². The summed E-state index contributed by atoms with van der Waals surface area (Å²) in [4.78, 5) is 3.97. The third-order valence-corrected chi connectivity index (χ3v) is 3.55. The first-order valence-electron chi connectivity index (χ1n) is 6.62. The summed E-state index contributed by atoms with van der Waals surface area (Å²) in [5, 5.41) is 3.47. The van der Waals surface area contributed by atoms with E-state index in [2.05, 4.69) is 10.1 Å². The second-order valence-corrected chi connectivity index (χ2v) is 4.95. The Labute approximate surface area is 119 Å². The first kappa shape index (κ1) is 15.6. The van der Waals surface area contributed by atoms with Crippen molar-refractivity contribution in [2.24, 2.45) is 5.73 Å². The summed E-state index contributed by atoms with van der Waals surface area (Å²) in [6, 6.07) is 0.915. The van der Waals surface area contributed by atoms with Crippen LogP contribution in [0.3, 0.4) is 0 Å². The van der Waals surface area contributed by atoms with Crippen molar-refractivity contribution in [3.05, 3.63) is 24.2 Å². The highest BCUT2D eigenvalue weighted by Gasteiger charge is 2.34. The van der Waals surface area contributed by atoms with Gasteiger partial charge in [0.2, 0.25) is 5.88 Å². The van der Waals surface area contributed by atoms with Gasteiger partial charge in [0.15, 0.2) is 5.69 Å². The summed E-state index contributed by atoms with van der Waals surface area (Å²) in [5.74, 6) is 0.0947. The molecule has 2 N–H and O–H groups in total. The number of alkyl halides is 3. The number of nitrogens with two attached hydrogens (primary N) is 1. The molecule has 0 aliphatic rings. The van der Waals surface area contributed by atoms with Crippen molar-refractivity contribution >= 4 is 5.52 Å². The molecule has 0 aromatic carbocycles. The smallest absolute Gasteiger partial charge is 0.435 e. The maximum atomic E-state index is 12.7. The number of rotatable bonds is 5. The van der Waals surface area contributed by atoms with Crippen LogP contribution in [0.5, 0.6) is 5.88 Å². The molecular formula is C13H17F3N4O. The first-order chi connectivity index (χ1) is 9.79. The maximum Gasteiger partial charge on any atom is 0.435 e. The zero-order valence-electron chi connectivity index (χ0n) is 11.8. The molecular weight excluding hydrogens is 285 g/mol. The molecule has 2 rings (SSSR count). The molecule has 0 amide bonds. The summed E-state index contributed by atoms with van der Waals surface area (Å²) in [6.07, 6.45) is -0.439. The lowest BCUT2D eigenvalue weighted by Crippen LogP contribution is -2.44. The Hall–Kier alpha value is -1.83. The van der Waals surface area contributed by atoms with Gasteiger partial charge in [-0.25, -0.2) is 9.50 Å². The summed E-state index contributed by atoms with van der Waals surface area (Å²) >= 11 is 0. The predicted octanol–water partition coefficient (Wildman–Crippen LogP) is 2.64. The van der Waals surface area contributed by atoms with E-state index in [0.29, 0.717) is 12.8 Å². The number of aromatic nitrogens is 3. The molecule has 0 radical (unpaired) electrons. The van der Waals surface area contributed by atoms with Crippen molar-refractivity contribution in [3.8, 4) is 5.88 Å². The van der Waals surface area contributed by atoms with Crippen LogP contribution in [0.1, 0.15) is 32.4 Å². The lowest BCUT2D eigenvalue weighted by molar-refractivity contribution is -0.141. The molecule has 8 heteroatoms. The fourth-order valence-electron chi connectivity index (χ4n) is 1.81. The molecule has 0 fully saturated rings. The molecule has 116 valence electrons.